The summed E-state index contributed by atoms with van der Waals surface area (Å²) in [6.07, 6.45) is 0.708. The highest BCUT2D eigenvalue weighted by Gasteiger charge is 2.35. The molecule has 0 fully saturated rings. The smallest absolute Gasteiger partial charge is 0.261 e. The van der Waals surface area contributed by atoms with E-state index in [-0.39, 0.29) is 17.6 Å². The highest BCUT2D eigenvalue weighted by molar-refractivity contribution is 6.30. The third-order valence-electron chi connectivity index (χ3n) is 4.69. The van der Waals surface area contributed by atoms with Crippen molar-refractivity contribution in [3.05, 3.63) is 58.6 Å². The molecule has 0 saturated heterocycles. The molecule has 3 rings (SSSR count). The molecule has 2 aromatic rings. The van der Waals surface area contributed by atoms with Crippen LogP contribution >= 0.6 is 11.6 Å². The monoisotopic (exact) mass is 387 g/mol. The van der Waals surface area contributed by atoms with E-state index in [0.717, 1.165) is 16.9 Å². The number of carbonyl (C=O) groups excluding carboxylic acids is 1. The molecule has 5 heteroatoms. The van der Waals surface area contributed by atoms with Gasteiger partial charge in [-0.2, -0.15) is 0 Å². The Kier molecular flexibility index (Phi) is 5.66. The topological polar surface area (TPSA) is 47.6 Å². The largest absolute Gasteiger partial charge is 0.487 e. The molecule has 0 aromatic heterocycles. The van der Waals surface area contributed by atoms with Gasteiger partial charge in [-0.05, 0) is 57.5 Å². The van der Waals surface area contributed by atoms with E-state index in [9.17, 15) is 4.79 Å². The lowest BCUT2D eigenvalue weighted by atomic mass is 9.88. The summed E-state index contributed by atoms with van der Waals surface area (Å²) in [5.74, 6) is 1.33. The van der Waals surface area contributed by atoms with Crippen LogP contribution in [0.2, 0.25) is 5.02 Å². The molecule has 1 aliphatic heterocycles. The van der Waals surface area contributed by atoms with Gasteiger partial charge in [0.2, 0.25) is 0 Å². The summed E-state index contributed by atoms with van der Waals surface area (Å²) in [4.78, 5) is 12.9. The Morgan fingerprint density at radius 3 is 2.67 bits per heavy atom. The lowest BCUT2D eigenvalue weighted by Crippen LogP contribution is -2.45. The number of hydrogen-bond donors (Lipinski definition) is 1. The molecule has 0 saturated carbocycles. The lowest BCUT2D eigenvalue weighted by molar-refractivity contribution is -0.129. The van der Waals surface area contributed by atoms with Crippen molar-refractivity contribution in [1.82, 2.24) is 5.32 Å². The van der Waals surface area contributed by atoms with Gasteiger partial charge in [0.15, 0.2) is 6.10 Å². The van der Waals surface area contributed by atoms with E-state index in [1.807, 2.05) is 39.8 Å². The van der Waals surface area contributed by atoms with Gasteiger partial charge in [-0.25, -0.2) is 0 Å². The van der Waals surface area contributed by atoms with Crippen LogP contribution in [0.3, 0.4) is 0 Å². The summed E-state index contributed by atoms with van der Waals surface area (Å²) in [6.45, 7) is 8.05. The van der Waals surface area contributed by atoms with Gasteiger partial charge in [-0.1, -0.05) is 36.2 Å². The minimum Gasteiger partial charge on any atom is -0.487 e. The average Bonchev–Trinajstić information content (AvgIpc) is 2.61. The van der Waals surface area contributed by atoms with E-state index in [1.54, 1.807) is 24.3 Å². The second kappa shape index (κ2) is 7.81. The Hall–Kier alpha value is -2.20. The van der Waals surface area contributed by atoms with Crippen LogP contribution < -0.4 is 14.8 Å². The Labute approximate surface area is 165 Å². The van der Waals surface area contributed by atoms with Gasteiger partial charge in [-0.15, -0.1) is 0 Å². The zero-order valence-electron chi connectivity index (χ0n) is 16.2. The van der Waals surface area contributed by atoms with Crippen molar-refractivity contribution in [2.45, 2.75) is 58.3 Å². The third kappa shape index (κ3) is 4.75. The van der Waals surface area contributed by atoms with Gasteiger partial charge in [0.05, 0.1) is 6.04 Å². The van der Waals surface area contributed by atoms with Crippen molar-refractivity contribution in [2.24, 2.45) is 0 Å². The first-order valence-corrected chi connectivity index (χ1v) is 9.67. The molecule has 2 aromatic carbocycles. The number of ether oxygens (including phenoxy) is 2. The van der Waals surface area contributed by atoms with Gasteiger partial charge in [0.25, 0.3) is 5.91 Å². The number of nitrogens with one attached hydrogen (secondary N) is 1. The maximum Gasteiger partial charge on any atom is 0.261 e. The van der Waals surface area contributed by atoms with E-state index in [0.29, 0.717) is 23.6 Å². The number of aryl methyl sites for hydroxylation is 1. The molecule has 1 amide bonds. The molecule has 0 unspecified atom stereocenters. The van der Waals surface area contributed by atoms with E-state index in [1.165, 1.54) is 0 Å². The van der Waals surface area contributed by atoms with Crippen molar-refractivity contribution in [1.29, 1.82) is 0 Å². The number of hydrogen-bond acceptors (Lipinski definition) is 3. The number of benzene rings is 2. The van der Waals surface area contributed by atoms with Crippen molar-refractivity contribution in [2.75, 3.05) is 0 Å². The Morgan fingerprint density at radius 2 is 2.00 bits per heavy atom. The van der Waals surface area contributed by atoms with Gasteiger partial charge in [-0.3, -0.25) is 4.79 Å². The average molecular weight is 388 g/mol. The normalized spacial score (nSPS) is 18.8. The fourth-order valence-electron chi connectivity index (χ4n) is 3.37. The molecule has 4 nitrogen and oxygen atoms in total. The predicted molar refractivity (Wildman–Crippen MR) is 108 cm³/mol. The van der Waals surface area contributed by atoms with Crippen LogP contribution in [0.5, 0.6) is 11.5 Å². The first-order chi connectivity index (χ1) is 12.8. The summed E-state index contributed by atoms with van der Waals surface area (Å²) in [5, 5.41) is 3.81. The molecule has 0 aliphatic carbocycles. The van der Waals surface area contributed by atoms with Crippen LogP contribution in [0.15, 0.2) is 42.5 Å². The van der Waals surface area contributed by atoms with Gasteiger partial charge in [0, 0.05) is 17.0 Å². The molecule has 1 heterocycles. The fourth-order valence-corrected chi connectivity index (χ4v) is 3.49. The van der Waals surface area contributed by atoms with E-state index >= 15 is 0 Å². The summed E-state index contributed by atoms with van der Waals surface area (Å²) in [5.41, 5.74) is 1.81. The molecule has 27 heavy (non-hydrogen) atoms. The number of amides is 1. The maximum absolute atomic E-state index is 12.9. The van der Waals surface area contributed by atoms with Crippen molar-refractivity contribution >= 4 is 17.5 Å². The molecule has 1 N–H and O–H groups in total. The quantitative estimate of drug-likeness (QED) is 0.764. The van der Waals surface area contributed by atoms with Crippen LogP contribution in [0.25, 0.3) is 0 Å². The fraction of sp³-hybridized carbons (Fsp3) is 0.409. The highest BCUT2D eigenvalue weighted by atomic mass is 35.5. The van der Waals surface area contributed by atoms with Crippen LogP contribution in [-0.2, 0) is 4.79 Å². The Balaban J connectivity index is 1.77. The third-order valence-corrected chi connectivity index (χ3v) is 4.95. The van der Waals surface area contributed by atoms with Crippen molar-refractivity contribution in [3.63, 3.8) is 0 Å². The second-order valence-corrected chi connectivity index (χ2v) is 8.07. The highest BCUT2D eigenvalue weighted by Crippen LogP contribution is 2.40. The molecule has 0 bridgehead atoms. The van der Waals surface area contributed by atoms with Crippen LogP contribution in [0.4, 0.5) is 0 Å². The number of rotatable bonds is 5. The summed E-state index contributed by atoms with van der Waals surface area (Å²) >= 11 is 5.91. The van der Waals surface area contributed by atoms with Crippen LogP contribution in [-0.4, -0.2) is 17.6 Å². The molecule has 144 valence electrons. The second-order valence-electron chi connectivity index (χ2n) is 7.64. The zero-order valence-corrected chi connectivity index (χ0v) is 17.0. The summed E-state index contributed by atoms with van der Waals surface area (Å²) in [7, 11) is 0. The van der Waals surface area contributed by atoms with Gasteiger partial charge in [0.1, 0.15) is 17.1 Å². The Bertz CT molecular complexity index is 817. The Morgan fingerprint density at radius 1 is 1.30 bits per heavy atom. The van der Waals surface area contributed by atoms with E-state index in [2.05, 4.69) is 11.4 Å². The number of carbonyl (C=O) groups is 1. The van der Waals surface area contributed by atoms with Crippen LogP contribution in [0.1, 0.15) is 50.8 Å². The van der Waals surface area contributed by atoms with Gasteiger partial charge < -0.3 is 14.8 Å². The number of halogens is 1. The SMILES string of the molecule is CC[C@H](Oc1ccc(Cl)cc1)C(=O)N[C@@H]1CC(C)(C)Oc2ccc(C)cc21. The minimum absolute atomic E-state index is 0.112. The molecule has 2 atom stereocenters. The maximum atomic E-state index is 12.9. The summed E-state index contributed by atoms with van der Waals surface area (Å²) in [6, 6.07) is 13.0. The molecular formula is C22H26ClNO3. The van der Waals surface area contributed by atoms with Crippen molar-refractivity contribution in [3.8, 4) is 11.5 Å². The first kappa shape index (κ1) is 19.6. The van der Waals surface area contributed by atoms with Crippen LogP contribution in [0, 0.1) is 6.92 Å². The molecule has 0 radical (unpaired) electrons. The van der Waals surface area contributed by atoms with E-state index < -0.39 is 6.10 Å². The minimum atomic E-state index is -0.564. The molecule has 1 aliphatic rings. The van der Waals surface area contributed by atoms with Gasteiger partial charge >= 0.3 is 0 Å². The predicted octanol–water partition coefficient (Wildman–Crippen LogP) is 5.22. The molecular weight excluding hydrogens is 362 g/mol. The first-order valence-electron chi connectivity index (χ1n) is 9.29. The summed E-state index contributed by atoms with van der Waals surface area (Å²) < 4.78 is 12.0. The van der Waals surface area contributed by atoms with Crippen molar-refractivity contribution < 1.29 is 14.3 Å². The zero-order chi connectivity index (χ0) is 19.6. The standard InChI is InChI=1S/C22H26ClNO3/c1-5-19(26-16-9-7-15(23)8-10-16)21(25)24-18-13-22(3,4)27-20-11-6-14(2)12-17(18)20/h6-12,18-19H,5,13H2,1-4H3,(H,24,25)/t18-,19+/m1/s1. The van der Waals surface area contributed by atoms with E-state index in [4.69, 9.17) is 21.1 Å². The lowest BCUT2D eigenvalue weighted by Gasteiger charge is -2.38. The number of fused-ring (bicyclic) bond motifs is 1. The molecule has 0 spiro atoms.